The summed E-state index contributed by atoms with van der Waals surface area (Å²) in [7, 11) is 0. The van der Waals surface area contributed by atoms with Crippen LogP contribution in [0.1, 0.15) is 63.0 Å². The molecule has 0 heterocycles. The van der Waals surface area contributed by atoms with E-state index in [-0.39, 0.29) is 13.2 Å². The van der Waals surface area contributed by atoms with E-state index in [2.05, 4.69) is 13.0 Å². The van der Waals surface area contributed by atoms with E-state index in [0.29, 0.717) is 30.8 Å². The van der Waals surface area contributed by atoms with Crippen molar-refractivity contribution in [2.45, 2.75) is 63.8 Å². The summed E-state index contributed by atoms with van der Waals surface area (Å²) in [5, 5.41) is 26.0. The van der Waals surface area contributed by atoms with Crippen molar-refractivity contribution in [3.05, 3.63) is 29.3 Å². The molecule has 5 nitrogen and oxygen atoms in total. The normalized spacial score (nSPS) is 13.2. The molecule has 0 radical (unpaired) electrons. The van der Waals surface area contributed by atoms with Gasteiger partial charge in [0, 0.05) is 0 Å². The maximum absolute atomic E-state index is 9.34. The lowest BCUT2D eigenvalue weighted by molar-refractivity contribution is 0.115. The third-order valence-electron chi connectivity index (χ3n) is 4.50. The Morgan fingerprint density at radius 3 is 2.60 bits per heavy atom. The summed E-state index contributed by atoms with van der Waals surface area (Å²) in [6.45, 7) is 2.62. The van der Waals surface area contributed by atoms with Gasteiger partial charge in [-0.1, -0.05) is 45.1 Å². The van der Waals surface area contributed by atoms with E-state index in [0.717, 1.165) is 18.4 Å². The van der Waals surface area contributed by atoms with Gasteiger partial charge in [-0.15, -0.1) is 0 Å². The summed E-state index contributed by atoms with van der Waals surface area (Å²) < 4.78 is 5.76. The van der Waals surface area contributed by atoms with Crippen LogP contribution >= 0.6 is 0 Å². The van der Waals surface area contributed by atoms with Crippen LogP contribution in [0.2, 0.25) is 0 Å². The molecule has 0 bridgehead atoms. The van der Waals surface area contributed by atoms with Crippen molar-refractivity contribution < 1.29 is 14.9 Å². The molecule has 5 N–H and O–H groups in total. The smallest absolute Gasteiger partial charge is 0.164 e. The average Bonchev–Trinajstić information content (AvgIpc) is 2.65. The van der Waals surface area contributed by atoms with Crippen LogP contribution in [0.3, 0.4) is 0 Å². The third-order valence-corrected chi connectivity index (χ3v) is 4.50. The molecule has 140 valence electrons. The quantitative estimate of drug-likeness (QED) is 0.422. The van der Waals surface area contributed by atoms with Gasteiger partial charge in [-0.3, -0.25) is 0 Å². The molecule has 1 aromatic rings. The Morgan fingerprint density at radius 2 is 1.96 bits per heavy atom. The highest BCUT2D eigenvalue weighted by molar-refractivity contribution is 5.45. The number of rotatable bonds is 13. The van der Waals surface area contributed by atoms with E-state index in [4.69, 9.17) is 15.6 Å². The lowest BCUT2D eigenvalue weighted by atomic mass is 9.93. The fourth-order valence-corrected chi connectivity index (χ4v) is 2.63. The van der Waals surface area contributed by atoms with Crippen molar-refractivity contribution in [3.63, 3.8) is 0 Å². The number of nitrogens with zero attached hydrogens (tertiary/aromatic N) is 1. The molecule has 0 spiro atoms. The number of aliphatic hydroxyl groups excluding tert-OH is 1. The lowest BCUT2D eigenvalue weighted by Gasteiger charge is -2.21. The molecular formula is C20H33N2O3+. The Morgan fingerprint density at radius 1 is 1.24 bits per heavy atom. The average molecular weight is 349 g/mol. The Hall–Kier alpha value is -1.61. The van der Waals surface area contributed by atoms with Gasteiger partial charge in [0.15, 0.2) is 6.61 Å². The van der Waals surface area contributed by atoms with Crippen LogP contribution in [-0.4, -0.2) is 35.6 Å². The molecule has 0 saturated heterocycles. The number of aliphatic hydroxyl groups is 1. The highest BCUT2D eigenvalue weighted by Crippen LogP contribution is 2.22. The maximum atomic E-state index is 9.34. The van der Waals surface area contributed by atoms with Crippen molar-refractivity contribution in [1.29, 1.82) is 5.26 Å². The first-order valence-electron chi connectivity index (χ1n) is 9.28. The molecule has 0 aromatic heterocycles. The predicted molar refractivity (Wildman–Crippen MR) is 101 cm³/mol. The van der Waals surface area contributed by atoms with Crippen LogP contribution in [0.4, 0.5) is 0 Å². The number of unbranched alkanes of at least 4 members (excludes halogenated alkanes) is 5. The monoisotopic (exact) mass is 349 g/mol. The summed E-state index contributed by atoms with van der Waals surface area (Å²) in [6.07, 6.45) is 8.37. The number of benzene rings is 1. The van der Waals surface area contributed by atoms with Gasteiger partial charge in [0.1, 0.15) is 17.4 Å². The Kier molecular flexibility index (Phi) is 10.2. The summed E-state index contributed by atoms with van der Waals surface area (Å²) in [5.74, 6) is 0.626. The van der Waals surface area contributed by atoms with E-state index in [1.807, 2.05) is 18.2 Å². The fourth-order valence-electron chi connectivity index (χ4n) is 2.63. The van der Waals surface area contributed by atoms with Crippen LogP contribution in [-0.2, 0) is 6.42 Å². The minimum Gasteiger partial charge on any atom is -0.492 e. The topological polar surface area (TPSA) is 102 Å². The Labute approximate surface area is 151 Å². The number of nitriles is 1. The molecule has 1 rings (SSSR count). The largest absolute Gasteiger partial charge is 0.492 e. The summed E-state index contributed by atoms with van der Waals surface area (Å²) in [6, 6.07) is 7.77. The van der Waals surface area contributed by atoms with E-state index < -0.39 is 5.54 Å². The molecule has 0 fully saturated rings. The molecule has 5 heteroatoms. The minimum atomic E-state index is -0.875. The molecule has 0 aliphatic rings. The number of hydrogen-bond donors (Lipinski definition) is 2. The molecule has 25 heavy (non-hydrogen) atoms. The van der Waals surface area contributed by atoms with Crippen molar-refractivity contribution >= 4 is 0 Å². The van der Waals surface area contributed by atoms with Crippen LogP contribution in [0.25, 0.3) is 0 Å². The molecular weight excluding hydrogens is 316 g/mol. The van der Waals surface area contributed by atoms with Gasteiger partial charge in [0.25, 0.3) is 0 Å². The number of hydrogen-bond acceptors (Lipinski definition) is 4. The Balaban J connectivity index is 2.48. The van der Waals surface area contributed by atoms with Gasteiger partial charge >= 0.3 is 0 Å². The zero-order chi connectivity index (χ0) is 18.5. The van der Waals surface area contributed by atoms with Gasteiger partial charge in [0.05, 0.1) is 18.8 Å². The Bertz CT molecular complexity index is 536. The summed E-state index contributed by atoms with van der Waals surface area (Å²) in [5.41, 5.74) is 6.57. The van der Waals surface area contributed by atoms with Crippen LogP contribution < -0.4 is 10.5 Å². The molecule has 0 saturated carbocycles. The molecule has 1 atom stereocenters. The van der Waals surface area contributed by atoms with Crippen molar-refractivity contribution in [1.82, 2.24) is 0 Å². The first-order chi connectivity index (χ1) is 12.1. The summed E-state index contributed by atoms with van der Waals surface area (Å²) in [4.78, 5) is 0. The van der Waals surface area contributed by atoms with E-state index in [9.17, 15) is 10.4 Å². The highest BCUT2D eigenvalue weighted by atomic mass is 16.5. The SMILES string of the molecule is CCCCCCCCOc1ccc(CCC(N)(CO)C[OH2+])cc1C#N. The number of aryl methyl sites for hydroxylation is 1. The minimum absolute atomic E-state index is 0.0198. The zero-order valence-electron chi connectivity index (χ0n) is 15.4. The molecule has 1 aromatic carbocycles. The second-order valence-corrected chi connectivity index (χ2v) is 6.76. The second kappa shape index (κ2) is 11.9. The van der Waals surface area contributed by atoms with Gasteiger partial charge in [0.2, 0.25) is 0 Å². The molecule has 0 aliphatic heterocycles. The third kappa shape index (κ3) is 7.87. The van der Waals surface area contributed by atoms with E-state index in [1.54, 1.807) is 0 Å². The molecule has 0 aliphatic carbocycles. The summed E-state index contributed by atoms with van der Waals surface area (Å²) >= 11 is 0. The van der Waals surface area contributed by atoms with Crippen LogP contribution in [0.15, 0.2) is 18.2 Å². The van der Waals surface area contributed by atoms with Crippen LogP contribution in [0.5, 0.6) is 5.75 Å². The first kappa shape index (κ1) is 21.4. The fraction of sp³-hybridized carbons (Fsp3) is 0.650. The predicted octanol–water partition coefficient (Wildman–Crippen LogP) is 2.64. The number of ether oxygens (including phenoxy) is 1. The second-order valence-electron chi connectivity index (χ2n) is 6.76. The lowest BCUT2D eigenvalue weighted by Crippen LogP contribution is -2.47. The standard InChI is InChI=1S/C20H32N2O3/c1-2-3-4-5-6-7-12-25-19-9-8-17(13-18(19)14-21)10-11-20(22,15-23)16-24/h8-9,13,23-24H,2-7,10-12,15-16,22H2,1H3/p+1. The maximum Gasteiger partial charge on any atom is 0.164 e. The first-order valence-corrected chi connectivity index (χ1v) is 9.28. The zero-order valence-corrected chi connectivity index (χ0v) is 15.4. The number of nitrogens with two attached hydrogens (primary N) is 1. The van der Waals surface area contributed by atoms with Gasteiger partial charge in [-0.05, 0) is 37.0 Å². The molecule has 0 amide bonds. The van der Waals surface area contributed by atoms with Gasteiger partial charge in [-0.25, -0.2) is 0 Å². The van der Waals surface area contributed by atoms with E-state index in [1.165, 1.54) is 25.7 Å². The van der Waals surface area contributed by atoms with Crippen molar-refractivity contribution in [3.8, 4) is 11.8 Å². The van der Waals surface area contributed by atoms with Gasteiger partial charge < -0.3 is 20.7 Å². The van der Waals surface area contributed by atoms with Crippen molar-refractivity contribution in [2.75, 3.05) is 19.8 Å². The van der Waals surface area contributed by atoms with E-state index >= 15 is 0 Å². The highest BCUT2D eigenvalue weighted by Gasteiger charge is 2.25. The van der Waals surface area contributed by atoms with Crippen molar-refractivity contribution in [2.24, 2.45) is 5.73 Å². The molecule has 1 unspecified atom stereocenters. The van der Waals surface area contributed by atoms with Gasteiger partial charge in [-0.2, -0.15) is 5.26 Å². The van der Waals surface area contributed by atoms with Crippen LogP contribution in [0, 0.1) is 11.3 Å².